The number of nitrogens with zero attached hydrogens (tertiary/aromatic N) is 2. The highest BCUT2D eigenvalue weighted by atomic mass is 79.9. The van der Waals surface area contributed by atoms with Crippen LogP contribution in [0.5, 0.6) is 0 Å². The van der Waals surface area contributed by atoms with Crippen molar-refractivity contribution >= 4 is 27.3 Å². The van der Waals surface area contributed by atoms with Crippen molar-refractivity contribution in [3.63, 3.8) is 0 Å². The second-order valence-corrected chi connectivity index (χ2v) is 4.74. The topological polar surface area (TPSA) is 42.2 Å². The molecule has 1 aliphatic heterocycles. The number of nitrogens with two attached hydrogens (primary N) is 1. The number of hydrogen-bond donors (Lipinski definition) is 1. The molecule has 0 atom stereocenters. The molecular weight excluding hydrogens is 254 g/mol. The summed E-state index contributed by atoms with van der Waals surface area (Å²) in [5.74, 6) is 0.619. The Hall–Kier alpha value is -0.870. The van der Waals surface area contributed by atoms with Crippen molar-refractivity contribution in [3.05, 3.63) is 28.4 Å². The molecular formula is C11H14BrN3. The summed E-state index contributed by atoms with van der Waals surface area (Å²) in [6, 6.07) is 2.04. The Bertz CT molecular complexity index is 401. The van der Waals surface area contributed by atoms with Crippen LogP contribution in [0.25, 0.3) is 5.57 Å². The van der Waals surface area contributed by atoms with Crippen LogP contribution in [-0.2, 0) is 0 Å². The van der Waals surface area contributed by atoms with Gasteiger partial charge in [0, 0.05) is 29.3 Å². The molecule has 15 heavy (non-hydrogen) atoms. The largest absolute Gasteiger partial charge is 0.383 e. The van der Waals surface area contributed by atoms with Crippen molar-refractivity contribution < 1.29 is 0 Å². The minimum Gasteiger partial charge on any atom is -0.383 e. The molecule has 0 radical (unpaired) electrons. The zero-order chi connectivity index (χ0) is 10.8. The summed E-state index contributed by atoms with van der Waals surface area (Å²) in [4.78, 5) is 6.43. The van der Waals surface area contributed by atoms with Gasteiger partial charge >= 0.3 is 0 Å². The molecule has 3 nitrogen and oxygen atoms in total. The van der Waals surface area contributed by atoms with Crippen LogP contribution in [0.15, 0.2) is 22.8 Å². The number of hydrogen-bond acceptors (Lipinski definition) is 3. The number of aromatic nitrogens is 1. The van der Waals surface area contributed by atoms with Crippen LogP contribution in [0.2, 0.25) is 0 Å². The fourth-order valence-corrected chi connectivity index (χ4v) is 2.05. The van der Waals surface area contributed by atoms with Crippen LogP contribution in [-0.4, -0.2) is 30.0 Å². The number of nitrogen functional groups attached to an aromatic ring is 1. The van der Waals surface area contributed by atoms with Crippen molar-refractivity contribution in [1.29, 1.82) is 0 Å². The van der Waals surface area contributed by atoms with Gasteiger partial charge in [-0.3, -0.25) is 0 Å². The molecule has 0 fully saturated rings. The van der Waals surface area contributed by atoms with Gasteiger partial charge in [-0.25, -0.2) is 4.98 Å². The van der Waals surface area contributed by atoms with E-state index in [4.69, 9.17) is 5.73 Å². The summed E-state index contributed by atoms with van der Waals surface area (Å²) in [5.41, 5.74) is 8.24. The third-order valence-electron chi connectivity index (χ3n) is 2.64. The highest BCUT2D eigenvalue weighted by Gasteiger charge is 2.12. The second-order valence-electron chi connectivity index (χ2n) is 3.83. The van der Waals surface area contributed by atoms with E-state index in [0.717, 1.165) is 29.5 Å². The zero-order valence-electron chi connectivity index (χ0n) is 8.70. The number of rotatable bonds is 1. The number of likely N-dealkylation sites (N-methyl/N-ethyl adjacent to an activating group) is 1. The highest BCUT2D eigenvalue weighted by Crippen LogP contribution is 2.27. The Balaban J connectivity index is 2.33. The van der Waals surface area contributed by atoms with Crippen LogP contribution in [0.3, 0.4) is 0 Å². The molecule has 0 saturated carbocycles. The smallest absolute Gasteiger partial charge is 0.130 e. The Labute approximate surface area is 98.1 Å². The molecule has 1 aromatic heterocycles. The first kappa shape index (κ1) is 10.6. The standard InChI is InChI=1S/C11H14BrN3/c1-15-4-2-8(3-5-15)10-6-9(12)7-14-11(10)13/h2,6-7H,3-5H2,1H3,(H2,13,14). The van der Waals surface area contributed by atoms with Gasteiger partial charge in [-0.1, -0.05) is 6.08 Å². The predicted octanol–water partition coefficient (Wildman–Crippen LogP) is 2.15. The van der Waals surface area contributed by atoms with Gasteiger partial charge in [0.25, 0.3) is 0 Å². The maximum absolute atomic E-state index is 5.87. The molecule has 0 amide bonds. The van der Waals surface area contributed by atoms with E-state index in [2.05, 4.69) is 38.9 Å². The lowest BCUT2D eigenvalue weighted by Crippen LogP contribution is -2.23. The quantitative estimate of drug-likeness (QED) is 0.848. The minimum atomic E-state index is 0.619. The lowest BCUT2D eigenvalue weighted by Gasteiger charge is -2.22. The van der Waals surface area contributed by atoms with Crippen LogP contribution in [0.4, 0.5) is 5.82 Å². The van der Waals surface area contributed by atoms with Crippen LogP contribution < -0.4 is 5.73 Å². The summed E-state index contributed by atoms with van der Waals surface area (Å²) in [6.07, 6.45) is 5.00. The lowest BCUT2D eigenvalue weighted by molar-refractivity contribution is 0.370. The Kier molecular flexibility index (Phi) is 3.07. The SMILES string of the molecule is CN1CC=C(c2cc(Br)cnc2N)CC1. The number of pyridine rings is 1. The molecule has 0 aliphatic carbocycles. The van der Waals surface area contributed by atoms with Gasteiger partial charge < -0.3 is 10.6 Å². The summed E-state index contributed by atoms with van der Waals surface area (Å²) < 4.78 is 0.978. The molecule has 2 heterocycles. The van der Waals surface area contributed by atoms with Gasteiger partial charge in [-0.2, -0.15) is 0 Å². The molecule has 2 N–H and O–H groups in total. The third kappa shape index (κ3) is 2.38. The van der Waals surface area contributed by atoms with E-state index in [-0.39, 0.29) is 0 Å². The maximum atomic E-state index is 5.87. The van der Waals surface area contributed by atoms with Gasteiger partial charge in [0.1, 0.15) is 5.82 Å². The van der Waals surface area contributed by atoms with Crippen molar-refractivity contribution in [2.24, 2.45) is 0 Å². The van der Waals surface area contributed by atoms with Crippen LogP contribution in [0.1, 0.15) is 12.0 Å². The predicted molar refractivity (Wildman–Crippen MR) is 66.4 cm³/mol. The van der Waals surface area contributed by atoms with Crippen molar-refractivity contribution in [3.8, 4) is 0 Å². The van der Waals surface area contributed by atoms with Crippen LogP contribution in [0, 0.1) is 0 Å². The third-order valence-corrected chi connectivity index (χ3v) is 3.08. The molecule has 4 heteroatoms. The summed E-state index contributed by atoms with van der Waals surface area (Å²) >= 11 is 3.42. The molecule has 1 aromatic rings. The monoisotopic (exact) mass is 267 g/mol. The molecule has 0 unspecified atom stereocenters. The van der Waals surface area contributed by atoms with Gasteiger partial charge in [-0.15, -0.1) is 0 Å². The van der Waals surface area contributed by atoms with E-state index in [0.29, 0.717) is 5.82 Å². The molecule has 0 saturated heterocycles. The molecule has 1 aliphatic rings. The second kappa shape index (κ2) is 4.33. The number of halogens is 1. The van der Waals surface area contributed by atoms with Crippen molar-refractivity contribution in [1.82, 2.24) is 9.88 Å². The first-order chi connectivity index (χ1) is 7.16. The van der Waals surface area contributed by atoms with Gasteiger partial charge in [0.05, 0.1) is 0 Å². The van der Waals surface area contributed by atoms with Crippen LogP contribution >= 0.6 is 15.9 Å². The average Bonchev–Trinajstić information content (AvgIpc) is 2.23. The molecule has 2 rings (SSSR count). The summed E-state index contributed by atoms with van der Waals surface area (Å²) in [7, 11) is 2.12. The van der Waals surface area contributed by atoms with E-state index in [1.165, 1.54) is 5.57 Å². The Morgan fingerprint density at radius 3 is 3.00 bits per heavy atom. The summed E-state index contributed by atoms with van der Waals surface area (Å²) in [5, 5.41) is 0. The van der Waals surface area contributed by atoms with E-state index < -0.39 is 0 Å². The van der Waals surface area contributed by atoms with E-state index in [1.54, 1.807) is 6.20 Å². The molecule has 0 spiro atoms. The lowest BCUT2D eigenvalue weighted by atomic mass is 10.0. The Morgan fingerprint density at radius 2 is 2.33 bits per heavy atom. The Morgan fingerprint density at radius 1 is 1.53 bits per heavy atom. The average molecular weight is 268 g/mol. The molecule has 80 valence electrons. The highest BCUT2D eigenvalue weighted by molar-refractivity contribution is 9.10. The molecule has 0 bridgehead atoms. The van der Waals surface area contributed by atoms with E-state index >= 15 is 0 Å². The van der Waals surface area contributed by atoms with Gasteiger partial charge in [0.2, 0.25) is 0 Å². The first-order valence-electron chi connectivity index (χ1n) is 4.96. The van der Waals surface area contributed by atoms with E-state index in [1.807, 2.05) is 6.07 Å². The maximum Gasteiger partial charge on any atom is 0.130 e. The fraction of sp³-hybridized carbons (Fsp3) is 0.364. The van der Waals surface area contributed by atoms with E-state index in [9.17, 15) is 0 Å². The number of anilines is 1. The van der Waals surface area contributed by atoms with Crippen molar-refractivity contribution in [2.75, 3.05) is 25.9 Å². The van der Waals surface area contributed by atoms with Gasteiger partial charge in [-0.05, 0) is 41.0 Å². The first-order valence-corrected chi connectivity index (χ1v) is 5.75. The molecule has 0 aromatic carbocycles. The summed E-state index contributed by atoms with van der Waals surface area (Å²) in [6.45, 7) is 2.07. The van der Waals surface area contributed by atoms with Crippen molar-refractivity contribution in [2.45, 2.75) is 6.42 Å². The fourth-order valence-electron chi connectivity index (χ4n) is 1.72. The minimum absolute atomic E-state index is 0.619. The zero-order valence-corrected chi connectivity index (χ0v) is 10.3. The van der Waals surface area contributed by atoms with Gasteiger partial charge in [0.15, 0.2) is 0 Å². The normalized spacial score (nSPS) is 17.6.